The highest BCUT2D eigenvalue weighted by Gasteiger charge is 2.35. The third kappa shape index (κ3) is 1.94. The predicted molar refractivity (Wildman–Crippen MR) is 83.4 cm³/mol. The van der Waals surface area contributed by atoms with E-state index in [0.29, 0.717) is 10.8 Å². The number of imidazole rings is 1. The highest BCUT2D eigenvalue weighted by molar-refractivity contribution is 7.15. The number of thiophene rings is 1. The van der Waals surface area contributed by atoms with E-state index >= 15 is 0 Å². The molecule has 6 nitrogen and oxygen atoms in total. The maximum atomic E-state index is 11.5. The van der Waals surface area contributed by atoms with Crippen molar-refractivity contribution in [2.75, 3.05) is 11.4 Å². The van der Waals surface area contributed by atoms with Crippen molar-refractivity contribution in [1.29, 1.82) is 0 Å². The summed E-state index contributed by atoms with van der Waals surface area (Å²) in [6, 6.07) is 2.29. The van der Waals surface area contributed by atoms with Crippen molar-refractivity contribution < 1.29 is 4.92 Å². The Morgan fingerprint density at radius 1 is 1.43 bits per heavy atom. The van der Waals surface area contributed by atoms with Gasteiger partial charge in [-0.05, 0) is 40.2 Å². The van der Waals surface area contributed by atoms with Gasteiger partial charge in [-0.1, -0.05) is 11.3 Å². The van der Waals surface area contributed by atoms with Crippen LogP contribution in [0.15, 0.2) is 28.4 Å². The third-order valence-electron chi connectivity index (χ3n) is 3.84. The lowest BCUT2D eigenvalue weighted by molar-refractivity contribution is -0.389. The van der Waals surface area contributed by atoms with Crippen LogP contribution in [0.1, 0.15) is 24.4 Å². The molecule has 4 heterocycles. The Hall–Kier alpha value is -1.93. The molecule has 108 valence electrons. The van der Waals surface area contributed by atoms with E-state index in [9.17, 15) is 10.1 Å². The lowest BCUT2D eigenvalue weighted by Gasteiger charge is -2.23. The fraction of sp³-hybridized carbons (Fsp3) is 0.308. The molecule has 1 fully saturated rings. The Morgan fingerprint density at radius 3 is 3.10 bits per heavy atom. The Morgan fingerprint density at radius 2 is 2.33 bits per heavy atom. The third-order valence-corrected chi connectivity index (χ3v) is 5.30. The van der Waals surface area contributed by atoms with E-state index < -0.39 is 0 Å². The Bertz CT molecular complexity index is 792. The molecule has 1 aliphatic rings. The summed E-state index contributed by atoms with van der Waals surface area (Å²) in [4.78, 5) is 18.4. The van der Waals surface area contributed by atoms with Gasteiger partial charge in [-0.15, -0.1) is 0 Å². The molecule has 0 aliphatic carbocycles. The zero-order chi connectivity index (χ0) is 14.4. The van der Waals surface area contributed by atoms with Crippen LogP contribution >= 0.6 is 22.7 Å². The number of nitro groups is 1. The van der Waals surface area contributed by atoms with Crippen LogP contribution in [-0.2, 0) is 0 Å². The molecule has 1 saturated heterocycles. The minimum absolute atomic E-state index is 0.0772. The molecule has 3 aromatic heterocycles. The van der Waals surface area contributed by atoms with Crippen LogP contribution < -0.4 is 4.90 Å². The maximum Gasteiger partial charge on any atom is 0.373 e. The molecule has 0 bridgehead atoms. The summed E-state index contributed by atoms with van der Waals surface area (Å²) in [6.45, 7) is 0.812. The van der Waals surface area contributed by atoms with E-state index in [1.54, 1.807) is 21.9 Å². The van der Waals surface area contributed by atoms with Gasteiger partial charge in [0.25, 0.3) is 4.96 Å². The molecule has 1 atom stereocenters. The lowest BCUT2D eigenvalue weighted by atomic mass is 10.1. The predicted octanol–water partition coefficient (Wildman–Crippen LogP) is 3.71. The molecule has 0 saturated carbocycles. The molecule has 8 heteroatoms. The first-order valence-corrected chi connectivity index (χ1v) is 8.46. The second-order valence-electron chi connectivity index (χ2n) is 4.98. The normalized spacial score (nSPS) is 18.7. The van der Waals surface area contributed by atoms with Gasteiger partial charge in [-0.25, -0.2) is 0 Å². The fourth-order valence-corrected chi connectivity index (χ4v) is 4.37. The first-order valence-electron chi connectivity index (χ1n) is 6.64. The van der Waals surface area contributed by atoms with Crippen LogP contribution in [0.5, 0.6) is 0 Å². The molecular formula is C13H12N4O2S2. The van der Waals surface area contributed by atoms with Gasteiger partial charge in [0.2, 0.25) is 5.82 Å². The Balaban J connectivity index is 1.83. The van der Waals surface area contributed by atoms with E-state index in [1.165, 1.54) is 16.9 Å². The van der Waals surface area contributed by atoms with Crippen molar-refractivity contribution in [2.45, 2.75) is 18.9 Å². The Labute approximate surface area is 128 Å². The first kappa shape index (κ1) is 12.8. The number of aromatic nitrogens is 2. The number of nitrogens with zero attached hydrogens (tertiary/aromatic N) is 4. The van der Waals surface area contributed by atoms with Crippen molar-refractivity contribution >= 4 is 39.3 Å². The van der Waals surface area contributed by atoms with E-state index in [2.05, 4.69) is 21.3 Å². The van der Waals surface area contributed by atoms with Gasteiger partial charge in [0.15, 0.2) is 0 Å². The van der Waals surface area contributed by atoms with Crippen molar-refractivity contribution in [3.8, 4) is 0 Å². The summed E-state index contributed by atoms with van der Waals surface area (Å²) in [5.74, 6) is 0.578. The molecule has 3 aromatic rings. The largest absolute Gasteiger partial charge is 0.373 e. The van der Waals surface area contributed by atoms with E-state index in [1.807, 2.05) is 10.8 Å². The van der Waals surface area contributed by atoms with Crippen LogP contribution in [0.4, 0.5) is 11.6 Å². The summed E-state index contributed by atoms with van der Waals surface area (Å²) in [7, 11) is 0. The highest BCUT2D eigenvalue weighted by atomic mass is 32.1. The molecule has 0 radical (unpaired) electrons. The zero-order valence-corrected chi connectivity index (χ0v) is 12.6. The zero-order valence-electron chi connectivity index (χ0n) is 11.0. The van der Waals surface area contributed by atoms with Crippen molar-refractivity contribution in [3.05, 3.63) is 44.1 Å². The molecule has 21 heavy (non-hydrogen) atoms. The van der Waals surface area contributed by atoms with Gasteiger partial charge in [0, 0.05) is 11.9 Å². The molecule has 0 spiro atoms. The maximum absolute atomic E-state index is 11.5. The van der Waals surface area contributed by atoms with E-state index in [0.717, 1.165) is 19.4 Å². The number of anilines is 1. The Kier molecular flexibility index (Phi) is 2.93. The summed E-state index contributed by atoms with van der Waals surface area (Å²) < 4.78 is 1.57. The molecule has 4 rings (SSSR count). The molecular weight excluding hydrogens is 308 g/mol. The quantitative estimate of drug-likeness (QED) is 0.545. The average Bonchev–Trinajstić information content (AvgIpc) is 3.21. The molecule has 0 aromatic carbocycles. The summed E-state index contributed by atoms with van der Waals surface area (Å²) >= 11 is 3.08. The first-order chi connectivity index (χ1) is 10.3. The minimum Gasteiger partial charge on any atom is -0.358 e. The number of hydrogen-bond donors (Lipinski definition) is 0. The van der Waals surface area contributed by atoms with Gasteiger partial charge in [0.1, 0.15) is 6.20 Å². The second kappa shape index (κ2) is 4.81. The second-order valence-corrected chi connectivity index (χ2v) is 6.63. The van der Waals surface area contributed by atoms with Gasteiger partial charge in [-0.3, -0.25) is 0 Å². The monoisotopic (exact) mass is 320 g/mol. The number of fused-ring (bicyclic) bond motifs is 1. The SMILES string of the molecule is O=[N+]([O-])c1c(N2CCC[C@H]2c2ccsc2)nc2sccn12. The van der Waals surface area contributed by atoms with Crippen LogP contribution in [0, 0.1) is 10.1 Å². The van der Waals surface area contributed by atoms with Gasteiger partial charge in [-0.2, -0.15) is 20.7 Å². The standard InChI is InChI=1S/C13H12N4O2S2/c18-17(19)12-11(14-13-16(12)5-7-21-13)15-4-1-2-10(15)9-3-6-20-8-9/h3,5-8,10H,1-2,4H2/t10-/m0/s1. The summed E-state index contributed by atoms with van der Waals surface area (Å²) in [5.41, 5.74) is 1.23. The topological polar surface area (TPSA) is 63.7 Å². The van der Waals surface area contributed by atoms with Gasteiger partial charge < -0.3 is 15.0 Å². The van der Waals surface area contributed by atoms with E-state index in [-0.39, 0.29) is 16.8 Å². The van der Waals surface area contributed by atoms with Crippen molar-refractivity contribution in [1.82, 2.24) is 9.38 Å². The molecule has 0 unspecified atom stereocenters. The van der Waals surface area contributed by atoms with E-state index in [4.69, 9.17) is 0 Å². The number of thiazole rings is 1. The van der Waals surface area contributed by atoms with Crippen LogP contribution in [0.3, 0.4) is 0 Å². The average molecular weight is 320 g/mol. The van der Waals surface area contributed by atoms with Crippen LogP contribution in [0.2, 0.25) is 0 Å². The molecule has 0 amide bonds. The lowest BCUT2D eigenvalue weighted by Crippen LogP contribution is -2.23. The molecule has 0 N–H and O–H groups in total. The summed E-state index contributed by atoms with van der Waals surface area (Å²) in [6.07, 6.45) is 3.76. The smallest absolute Gasteiger partial charge is 0.358 e. The van der Waals surface area contributed by atoms with Crippen LogP contribution in [-0.4, -0.2) is 20.9 Å². The fourth-order valence-electron chi connectivity index (χ4n) is 2.96. The van der Waals surface area contributed by atoms with Crippen molar-refractivity contribution in [2.24, 2.45) is 0 Å². The molecule has 1 aliphatic heterocycles. The van der Waals surface area contributed by atoms with Gasteiger partial charge >= 0.3 is 5.82 Å². The van der Waals surface area contributed by atoms with Gasteiger partial charge in [0.05, 0.1) is 6.04 Å². The number of rotatable bonds is 3. The summed E-state index contributed by atoms with van der Waals surface area (Å²) in [5, 5.41) is 17.5. The minimum atomic E-state index is -0.328. The van der Waals surface area contributed by atoms with Crippen LogP contribution in [0.25, 0.3) is 4.96 Å². The highest BCUT2D eigenvalue weighted by Crippen LogP contribution is 2.41. The number of hydrogen-bond acceptors (Lipinski definition) is 6. The van der Waals surface area contributed by atoms with Crippen molar-refractivity contribution in [3.63, 3.8) is 0 Å².